The van der Waals surface area contributed by atoms with Crippen LogP contribution in [0.4, 0.5) is 18.9 Å². The molecule has 1 aliphatic rings. The highest BCUT2D eigenvalue weighted by atomic mass is 32.2. The molecule has 6 nitrogen and oxygen atoms in total. The van der Waals surface area contributed by atoms with Crippen molar-refractivity contribution in [2.45, 2.75) is 69.3 Å². The fourth-order valence-electron chi connectivity index (χ4n) is 3.89. The highest BCUT2D eigenvalue weighted by Gasteiger charge is 2.31. The Labute approximate surface area is 213 Å². The molecule has 0 spiro atoms. The minimum atomic E-state index is -4.45. The normalized spacial score (nSPS) is 17.2. The summed E-state index contributed by atoms with van der Waals surface area (Å²) in [6.07, 6.45) is -1.19. The van der Waals surface area contributed by atoms with Gasteiger partial charge in [-0.25, -0.2) is 9.78 Å². The van der Waals surface area contributed by atoms with Crippen LogP contribution in [0, 0.1) is 0 Å². The Bertz CT molecular complexity index is 1060. The predicted octanol–water partition coefficient (Wildman–Crippen LogP) is 6.51. The standard InChI is InChI=1S/C26H31F3N2O4S/c1-4-6-21-15-23(32)22(25(33)35-21)14-18-7-5-8-20(13-18)31(17(2)11-12-34-3)36-24-10-9-19(16-30-24)26(27,28)29/h5,7-10,13,16-17,21,32H,4,6,11-12,14-15H2,1-3H3. The van der Waals surface area contributed by atoms with Crippen LogP contribution in [0.2, 0.25) is 0 Å². The number of alkyl halides is 3. The number of hydrogen-bond acceptors (Lipinski definition) is 7. The average Bonchev–Trinajstić information content (AvgIpc) is 2.83. The van der Waals surface area contributed by atoms with Crippen LogP contribution in [0.5, 0.6) is 0 Å². The number of aromatic nitrogens is 1. The third kappa shape index (κ3) is 7.39. The number of cyclic esters (lactones) is 1. The van der Waals surface area contributed by atoms with Gasteiger partial charge >= 0.3 is 12.1 Å². The maximum atomic E-state index is 12.9. The van der Waals surface area contributed by atoms with Crippen molar-refractivity contribution >= 4 is 23.6 Å². The van der Waals surface area contributed by atoms with Gasteiger partial charge in [0.05, 0.1) is 11.1 Å². The van der Waals surface area contributed by atoms with Crippen LogP contribution < -0.4 is 4.31 Å². The molecule has 3 rings (SSSR count). The van der Waals surface area contributed by atoms with Gasteiger partial charge in [-0.1, -0.05) is 25.5 Å². The lowest BCUT2D eigenvalue weighted by atomic mass is 9.97. The summed E-state index contributed by atoms with van der Waals surface area (Å²) in [7, 11) is 1.61. The third-order valence-electron chi connectivity index (χ3n) is 5.84. The van der Waals surface area contributed by atoms with E-state index in [-0.39, 0.29) is 29.9 Å². The number of methoxy groups -OCH3 is 1. The molecule has 1 aliphatic heterocycles. The van der Waals surface area contributed by atoms with Crippen molar-refractivity contribution in [3.05, 3.63) is 65.1 Å². The van der Waals surface area contributed by atoms with Crippen molar-refractivity contribution < 1.29 is 32.5 Å². The molecule has 0 bridgehead atoms. The summed E-state index contributed by atoms with van der Waals surface area (Å²) in [5.74, 6) is -0.444. The van der Waals surface area contributed by atoms with E-state index >= 15 is 0 Å². The molecule has 10 heteroatoms. The van der Waals surface area contributed by atoms with Gasteiger partial charge in [-0.15, -0.1) is 0 Å². The first-order valence-corrected chi connectivity index (χ1v) is 12.6. The van der Waals surface area contributed by atoms with Gasteiger partial charge in [0.25, 0.3) is 0 Å². The second-order valence-electron chi connectivity index (χ2n) is 8.72. The number of carbonyl (C=O) groups excluding carboxylic acids is 1. The van der Waals surface area contributed by atoms with Crippen molar-refractivity contribution in [3.8, 4) is 0 Å². The molecule has 1 aromatic carbocycles. The molecule has 196 valence electrons. The van der Waals surface area contributed by atoms with E-state index in [0.717, 1.165) is 29.9 Å². The topological polar surface area (TPSA) is 71.9 Å². The molecule has 0 amide bonds. The van der Waals surface area contributed by atoms with Crippen LogP contribution in [-0.2, 0) is 26.9 Å². The van der Waals surface area contributed by atoms with E-state index in [4.69, 9.17) is 9.47 Å². The van der Waals surface area contributed by atoms with Gasteiger partial charge < -0.3 is 18.9 Å². The van der Waals surface area contributed by atoms with Crippen LogP contribution in [0.3, 0.4) is 0 Å². The first-order chi connectivity index (χ1) is 17.1. The molecule has 0 radical (unpaired) electrons. The SMILES string of the molecule is CCCC1CC(O)=C(Cc2cccc(N(Sc3ccc(C(F)(F)F)cn3)C(C)CCOC)c2)C(=O)O1. The van der Waals surface area contributed by atoms with Crippen LogP contribution in [-0.4, -0.2) is 41.9 Å². The Kier molecular flexibility index (Phi) is 9.67. The number of rotatable bonds is 11. The molecule has 0 saturated carbocycles. The zero-order valence-electron chi connectivity index (χ0n) is 20.5. The number of hydrogen-bond donors (Lipinski definition) is 1. The molecule has 2 heterocycles. The lowest BCUT2D eigenvalue weighted by Gasteiger charge is -2.30. The van der Waals surface area contributed by atoms with Gasteiger partial charge in [0, 0.05) is 56.4 Å². The first-order valence-electron chi connectivity index (χ1n) is 11.8. The second-order valence-corrected chi connectivity index (χ2v) is 9.72. The Morgan fingerprint density at radius 2 is 2.08 bits per heavy atom. The van der Waals surface area contributed by atoms with Crippen molar-refractivity contribution in [1.29, 1.82) is 0 Å². The van der Waals surface area contributed by atoms with Gasteiger partial charge in [-0.05, 0) is 49.6 Å². The maximum Gasteiger partial charge on any atom is 0.417 e. The van der Waals surface area contributed by atoms with E-state index in [1.807, 2.05) is 42.4 Å². The molecule has 2 atom stereocenters. The van der Waals surface area contributed by atoms with Gasteiger partial charge in [0.1, 0.15) is 16.9 Å². The minimum absolute atomic E-state index is 0.0450. The summed E-state index contributed by atoms with van der Waals surface area (Å²) >= 11 is 1.23. The van der Waals surface area contributed by atoms with Crippen LogP contribution >= 0.6 is 11.9 Å². The van der Waals surface area contributed by atoms with Crippen molar-refractivity contribution in [3.63, 3.8) is 0 Å². The number of carbonyl (C=O) groups is 1. The lowest BCUT2D eigenvalue weighted by molar-refractivity contribution is -0.147. The molecule has 0 saturated heterocycles. The molecule has 1 aromatic heterocycles. The van der Waals surface area contributed by atoms with Crippen molar-refractivity contribution in [2.75, 3.05) is 18.0 Å². The number of aliphatic hydroxyl groups excluding tert-OH is 1. The Balaban J connectivity index is 1.84. The number of aliphatic hydroxyl groups is 1. The average molecular weight is 525 g/mol. The Morgan fingerprint density at radius 3 is 2.69 bits per heavy atom. The summed E-state index contributed by atoms with van der Waals surface area (Å²) in [6, 6.07) is 9.79. The van der Waals surface area contributed by atoms with Crippen molar-refractivity contribution in [1.82, 2.24) is 4.98 Å². The molecule has 0 fully saturated rings. The smallest absolute Gasteiger partial charge is 0.417 e. The fourth-order valence-corrected chi connectivity index (χ4v) is 4.83. The fraction of sp³-hybridized carbons (Fsp3) is 0.462. The number of anilines is 1. The number of nitrogens with zero attached hydrogens (tertiary/aromatic N) is 2. The summed E-state index contributed by atoms with van der Waals surface area (Å²) in [4.78, 5) is 16.5. The van der Waals surface area contributed by atoms with Crippen LogP contribution in [0.15, 0.2) is 59.0 Å². The van der Waals surface area contributed by atoms with Gasteiger partial charge in [-0.3, -0.25) is 0 Å². The Hall–Kier alpha value is -2.72. The van der Waals surface area contributed by atoms with E-state index in [1.54, 1.807) is 7.11 Å². The lowest BCUT2D eigenvalue weighted by Crippen LogP contribution is -2.28. The summed E-state index contributed by atoms with van der Waals surface area (Å²) in [6.45, 7) is 4.49. The molecular formula is C26H31F3N2O4S. The van der Waals surface area contributed by atoms with Gasteiger partial charge in [0.2, 0.25) is 0 Å². The third-order valence-corrected chi connectivity index (χ3v) is 7.04. The Morgan fingerprint density at radius 1 is 1.31 bits per heavy atom. The molecular weight excluding hydrogens is 493 g/mol. The number of halogens is 3. The molecule has 36 heavy (non-hydrogen) atoms. The molecule has 2 unspecified atom stereocenters. The van der Waals surface area contributed by atoms with E-state index in [0.29, 0.717) is 30.9 Å². The van der Waals surface area contributed by atoms with E-state index < -0.39 is 17.7 Å². The van der Waals surface area contributed by atoms with Crippen LogP contribution in [0.25, 0.3) is 0 Å². The van der Waals surface area contributed by atoms with Crippen molar-refractivity contribution in [2.24, 2.45) is 0 Å². The highest BCUT2D eigenvalue weighted by Crippen LogP contribution is 2.35. The molecule has 2 aromatic rings. The largest absolute Gasteiger partial charge is 0.512 e. The monoisotopic (exact) mass is 524 g/mol. The minimum Gasteiger partial charge on any atom is -0.512 e. The van der Waals surface area contributed by atoms with Gasteiger partial charge in [0.15, 0.2) is 0 Å². The van der Waals surface area contributed by atoms with Crippen LogP contribution in [0.1, 0.15) is 50.7 Å². The van der Waals surface area contributed by atoms with E-state index in [1.165, 1.54) is 18.0 Å². The zero-order chi connectivity index (χ0) is 26.3. The number of ether oxygens (including phenoxy) is 2. The maximum absolute atomic E-state index is 12.9. The summed E-state index contributed by atoms with van der Waals surface area (Å²) < 4.78 is 51.5. The number of pyridine rings is 1. The molecule has 1 N–H and O–H groups in total. The summed E-state index contributed by atoms with van der Waals surface area (Å²) in [5.41, 5.74) is 1.03. The predicted molar refractivity (Wildman–Crippen MR) is 133 cm³/mol. The summed E-state index contributed by atoms with van der Waals surface area (Å²) in [5, 5.41) is 10.9. The van der Waals surface area contributed by atoms with Gasteiger partial charge in [-0.2, -0.15) is 13.2 Å². The quantitative estimate of drug-likeness (QED) is 0.265. The second kappa shape index (κ2) is 12.5. The number of benzene rings is 1. The zero-order valence-corrected chi connectivity index (χ0v) is 21.4. The molecule has 0 aliphatic carbocycles. The highest BCUT2D eigenvalue weighted by molar-refractivity contribution is 8.00. The van der Waals surface area contributed by atoms with E-state index in [9.17, 15) is 23.1 Å². The van der Waals surface area contributed by atoms with E-state index in [2.05, 4.69) is 4.98 Å². The number of esters is 1. The first kappa shape index (κ1) is 27.9.